The van der Waals surface area contributed by atoms with E-state index in [1.165, 1.54) is 0 Å². The van der Waals surface area contributed by atoms with Gasteiger partial charge in [0.15, 0.2) is 0 Å². The fourth-order valence-electron chi connectivity index (χ4n) is 0.523. The third-order valence-electron chi connectivity index (χ3n) is 0.956. The summed E-state index contributed by atoms with van der Waals surface area (Å²) in [5.41, 5.74) is 13.5. The van der Waals surface area contributed by atoms with Crippen molar-refractivity contribution in [2.24, 2.45) is 0 Å². The molecule has 0 saturated heterocycles. The Balaban J connectivity index is 0. The molecule has 0 aliphatic heterocycles. The number of nitrogens with zero attached hydrogens (tertiary/aromatic N) is 2. The van der Waals surface area contributed by atoms with Crippen molar-refractivity contribution < 1.29 is 16.5 Å². The third kappa shape index (κ3) is 13.3. The van der Waals surface area contributed by atoms with Crippen molar-refractivity contribution >= 4 is 0 Å². The summed E-state index contributed by atoms with van der Waals surface area (Å²) in [6.45, 7) is 3.43. The van der Waals surface area contributed by atoms with Crippen molar-refractivity contribution in [2.75, 3.05) is 39.3 Å². The fraction of sp³-hybridized carbons (Fsp3) is 1.00. The van der Waals surface area contributed by atoms with Crippen LogP contribution in [0, 0.1) is 0 Å². The van der Waals surface area contributed by atoms with Gasteiger partial charge in [-0.05, 0) is 0 Å². The fourth-order valence-corrected chi connectivity index (χ4v) is 0.523. The van der Waals surface area contributed by atoms with Gasteiger partial charge in [-0.15, -0.1) is 0 Å². The molecule has 0 aromatic heterocycles. The zero-order valence-electron chi connectivity index (χ0n) is 6.45. The Morgan fingerprint density at radius 2 is 1.09 bits per heavy atom. The SMILES string of the molecule is [NH-]CC[N-]CC[N-]CC[NH-].[Ni]. The summed E-state index contributed by atoms with van der Waals surface area (Å²) in [6.07, 6.45) is 0. The van der Waals surface area contributed by atoms with Crippen LogP contribution in [0.2, 0.25) is 0 Å². The maximum atomic E-state index is 6.76. The maximum Gasteiger partial charge on any atom is 0 e. The molecular formula is C6H14N4Ni-4. The third-order valence-corrected chi connectivity index (χ3v) is 0.956. The molecule has 2 N–H and O–H groups in total. The minimum atomic E-state index is 0. The molecule has 0 radical (unpaired) electrons. The molecule has 4 nitrogen and oxygen atoms in total. The molecule has 0 amide bonds. The molecule has 0 aliphatic carbocycles. The Bertz CT molecular complexity index is 54.5. The van der Waals surface area contributed by atoms with Crippen molar-refractivity contribution in [1.82, 2.24) is 0 Å². The van der Waals surface area contributed by atoms with Crippen molar-refractivity contribution in [1.29, 1.82) is 0 Å². The van der Waals surface area contributed by atoms with Gasteiger partial charge in [-0.2, -0.15) is 39.3 Å². The molecule has 0 aliphatic rings. The van der Waals surface area contributed by atoms with Crippen molar-refractivity contribution in [2.45, 2.75) is 0 Å². The molecule has 0 aromatic carbocycles. The first-order valence-electron chi connectivity index (χ1n) is 3.47. The Labute approximate surface area is 78.4 Å². The van der Waals surface area contributed by atoms with E-state index >= 15 is 0 Å². The van der Waals surface area contributed by atoms with Crippen molar-refractivity contribution in [3.63, 3.8) is 0 Å². The van der Waals surface area contributed by atoms with Crippen LogP contribution in [0.1, 0.15) is 0 Å². The zero-order valence-corrected chi connectivity index (χ0v) is 7.44. The standard InChI is InChI=1S/C6H14N4.Ni/c7-1-3-9-5-6-10-4-2-8;/h7-8H,1-6H2;/q-4;. The molecule has 0 fully saturated rings. The molecule has 72 valence electrons. The van der Waals surface area contributed by atoms with Gasteiger partial charge in [0.2, 0.25) is 0 Å². The smallest absolute Gasteiger partial charge is 0 e. The monoisotopic (exact) mass is 200 g/mol. The maximum absolute atomic E-state index is 6.76. The summed E-state index contributed by atoms with van der Waals surface area (Å²) in [7, 11) is 0. The first-order valence-corrected chi connectivity index (χ1v) is 3.47. The van der Waals surface area contributed by atoms with Crippen LogP contribution >= 0.6 is 0 Å². The van der Waals surface area contributed by atoms with Crippen LogP contribution in [-0.2, 0) is 16.5 Å². The van der Waals surface area contributed by atoms with Crippen molar-refractivity contribution in [3.05, 3.63) is 22.1 Å². The molecule has 0 heterocycles. The predicted octanol–water partition coefficient (Wildman–Crippen LogP) is 1.84. The number of hydrogen-bond donors (Lipinski definition) is 0. The predicted molar refractivity (Wildman–Crippen MR) is 44.6 cm³/mol. The van der Waals surface area contributed by atoms with Gasteiger partial charge < -0.3 is 22.1 Å². The van der Waals surface area contributed by atoms with E-state index in [1.54, 1.807) is 0 Å². The van der Waals surface area contributed by atoms with E-state index in [0.717, 1.165) is 13.1 Å². The average molecular weight is 201 g/mol. The summed E-state index contributed by atoms with van der Waals surface area (Å²) in [5, 5.41) is 8.04. The van der Waals surface area contributed by atoms with Crippen LogP contribution in [0.5, 0.6) is 0 Å². The van der Waals surface area contributed by atoms with Crippen LogP contribution in [0.15, 0.2) is 0 Å². The molecule has 0 rings (SSSR count). The first kappa shape index (κ1) is 13.9. The Kier molecular flexibility index (Phi) is 16.4. The normalized spacial score (nSPS) is 9.27. The second-order valence-corrected chi connectivity index (χ2v) is 1.84. The molecule has 0 atom stereocenters. The zero-order chi connectivity index (χ0) is 7.66. The average Bonchev–Trinajstić information content (AvgIpc) is 1.97. The Hall–Kier alpha value is 0.334. The van der Waals surface area contributed by atoms with E-state index in [0.29, 0.717) is 26.2 Å². The summed E-state index contributed by atoms with van der Waals surface area (Å²) in [4.78, 5) is 0. The Morgan fingerprint density at radius 3 is 1.36 bits per heavy atom. The van der Waals surface area contributed by atoms with Crippen LogP contribution in [0.25, 0.3) is 22.1 Å². The number of hydrogen-bond acceptors (Lipinski definition) is 0. The molecule has 0 bridgehead atoms. The van der Waals surface area contributed by atoms with Crippen LogP contribution in [0.4, 0.5) is 0 Å². The van der Waals surface area contributed by atoms with Gasteiger partial charge in [-0.3, -0.25) is 0 Å². The van der Waals surface area contributed by atoms with Crippen LogP contribution < -0.4 is 0 Å². The molecule has 0 spiro atoms. The first-order chi connectivity index (χ1) is 4.91. The molecule has 11 heavy (non-hydrogen) atoms. The van der Waals surface area contributed by atoms with Crippen LogP contribution in [-0.4, -0.2) is 39.3 Å². The largest absolute Gasteiger partial charge is 0.679 e. The number of nitrogens with one attached hydrogen (secondary N) is 2. The summed E-state index contributed by atoms with van der Waals surface area (Å²) < 4.78 is 0. The molecule has 5 heteroatoms. The van der Waals surface area contributed by atoms with Gasteiger partial charge in [0.05, 0.1) is 0 Å². The second-order valence-electron chi connectivity index (χ2n) is 1.84. The molecular weight excluding hydrogens is 187 g/mol. The van der Waals surface area contributed by atoms with E-state index in [9.17, 15) is 0 Å². The van der Waals surface area contributed by atoms with E-state index in [1.807, 2.05) is 0 Å². The minimum Gasteiger partial charge on any atom is -0.679 e. The van der Waals surface area contributed by atoms with Gasteiger partial charge in [-0.1, -0.05) is 0 Å². The summed E-state index contributed by atoms with van der Waals surface area (Å²) in [5.74, 6) is 0. The van der Waals surface area contributed by atoms with Crippen molar-refractivity contribution in [3.8, 4) is 0 Å². The van der Waals surface area contributed by atoms with Gasteiger partial charge >= 0.3 is 0 Å². The number of rotatable bonds is 7. The molecule has 0 unspecified atom stereocenters. The minimum absolute atomic E-state index is 0. The van der Waals surface area contributed by atoms with Gasteiger partial charge in [0.1, 0.15) is 0 Å². The molecule has 0 saturated carbocycles. The van der Waals surface area contributed by atoms with E-state index in [4.69, 9.17) is 11.5 Å². The second kappa shape index (κ2) is 13.0. The Morgan fingerprint density at radius 1 is 0.727 bits per heavy atom. The van der Waals surface area contributed by atoms with E-state index in [-0.39, 0.29) is 16.5 Å². The summed E-state index contributed by atoms with van der Waals surface area (Å²) >= 11 is 0. The summed E-state index contributed by atoms with van der Waals surface area (Å²) in [6, 6.07) is 0. The van der Waals surface area contributed by atoms with Gasteiger partial charge in [-0.25, -0.2) is 0 Å². The quantitative estimate of drug-likeness (QED) is 0.445. The van der Waals surface area contributed by atoms with E-state index in [2.05, 4.69) is 10.6 Å². The van der Waals surface area contributed by atoms with E-state index < -0.39 is 0 Å². The van der Waals surface area contributed by atoms with Gasteiger partial charge in [0, 0.05) is 16.5 Å². The topological polar surface area (TPSA) is 75.8 Å². The van der Waals surface area contributed by atoms with Crippen LogP contribution in [0.3, 0.4) is 0 Å². The van der Waals surface area contributed by atoms with Gasteiger partial charge in [0.25, 0.3) is 0 Å². The molecule has 0 aromatic rings.